The highest BCUT2D eigenvalue weighted by Gasteiger charge is 2.15. The average Bonchev–Trinajstić information content (AvgIpc) is 3.18. The van der Waals surface area contributed by atoms with Gasteiger partial charge in [0.05, 0.1) is 6.54 Å². The van der Waals surface area contributed by atoms with Crippen LogP contribution in [0.3, 0.4) is 0 Å². The predicted molar refractivity (Wildman–Crippen MR) is 140 cm³/mol. The SMILES string of the molecule is CC(=O)O.CN1CCN(c2ccc(CNCc3nc4c(oc5ccc(Br)cc54)c(=O)[nH]3)cc2)CC1. The van der Waals surface area contributed by atoms with Gasteiger partial charge in [-0.25, -0.2) is 4.98 Å². The molecule has 5 rings (SSSR count). The molecule has 0 amide bonds. The van der Waals surface area contributed by atoms with Crippen molar-refractivity contribution < 1.29 is 14.3 Å². The highest BCUT2D eigenvalue weighted by atomic mass is 79.9. The van der Waals surface area contributed by atoms with Crippen molar-refractivity contribution in [2.24, 2.45) is 0 Å². The van der Waals surface area contributed by atoms with Gasteiger partial charge in [-0.2, -0.15) is 0 Å². The van der Waals surface area contributed by atoms with Crippen LogP contribution in [0, 0.1) is 0 Å². The Morgan fingerprint density at radius 2 is 1.83 bits per heavy atom. The monoisotopic (exact) mass is 541 g/mol. The van der Waals surface area contributed by atoms with Crippen molar-refractivity contribution in [3.63, 3.8) is 0 Å². The number of H-pyrrole nitrogens is 1. The van der Waals surface area contributed by atoms with E-state index in [-0.39, 0.29) is 11.1 Å². The number of nitrogens with zero attached hydrogens (tertiary/aromatic N) is 3. The summed E-state index contributed by atoms with van der Waals surface area (Å²) in [6.07, 6.45) is 0. The number of carbonyl (C=O) groups is 1. The number of carboxylic acid groups (broad SMARTS) is 1. The van der Waals surface area contributed by atoms with Crippen LogP contribution in [0.2, 0.25) is 0 Å². The lowest BCUT2D eigenvalue weighted by atomic mass is 10.2. The first-order valence-electron chi connectivity index (χ1n) is 11.3. The number of carboxylic acids is 1. The van der Waals surface area contributed by atoms with Crippen molar-refractivity contribution in [2.45, 2.75) is 20.0 Å². The molecule has 0 spiro atoms. The number of hydrogen-bond acceptors (Lipinski definition) is 7. The zero-order chi connectivity index (χ0) is 24.9. The van der Waals surface area contributed by atoms with Crippen LogP contribution in [0.25, 0.3) is 22.1 Å². The van der Waals surface area contributed by atoms with Gasteiger partial charge in [-0.1, -0.05) is 28.1 Å². The predicted octanol–water partition coefficient (Wildman–Crippen LogP) is 3.56. The molecule has 0 saturated carbocycles. The van der Waals surface area contributed by atoms with Crippen molar-refractivity contribution >= 4 is 49.7 Å². The van der Waals surface area contributed by atoms with Crippen LogP contribution in [0.5, 0.6) is 0 Å². The van der Waals surface area contributed by atoms with Gasteiger partial charge >= 0.3 is 0 Å². The van der Waals surface area contributed by atoms with E-state index < -0.39 is 5.97 Å². The van der Waals surface area contributed by atoms with Crippen LogP contribution < -0.4 is 15.8 Å². The van der Waals surface area contributed by atoms with E-state index >= 15 is 0 Å². The van der Waals surface area contributed by atoms with Crippen LogP contribution >= 0.6 is 15.9 Å². The van der Waals surface area contributed by atoms with E-state index in [1.165, 1.54) is 11.3 Å². The number of aromatic nitrogens is 2. The molecule has 0 atom stereocenters. The summed E-state index contributed by atoms with van der Waals surface area (Å²) in [5, 5.41) is 11.6. The second-order valence-corrected chi connectivity index (χ2v) is 9.43. The van der Waals surface area contributed by atoms with Crippen molar-refractivity contribution in [2.75, 3.05) is 38.1 Å². The van der Waals surface area contributed by atoms with E-state index in [4.69, 9.17) is 14.3 Å². The quantitative estimate of drug-likeness (QED) is 0.351. The molecule has 0 aliphatic carbocycles. The Balaban J connectivity index is 0.000000672. The smallest absolute Gasteiger partial charge is 0.300 e. The first-order valence-corrected chi connectivity index (χ1v) is 12.1. The Labute approximate surface area is 210 Å². The molecule has 3 heterocycles. The largest absolute Gasteiger partial charge is 0.481 e. The standard InChI is InChI=1S/C23H24BrN5O2.C2H4O2/c1-28-8-10-29(11-9-28)17-5-2-15(3-6-17)13-25-14-20-26-21-18-12-16(24)4-7-19(18)31-22(21)23(30)27-20;1-2(3)4/h2-7,12,25H,8-11,13-14H2,1H3,(H,26,27,30);1H3,(H,3,4). The van der Waals surface area contributed by atoms with Crippen LogP contribution in [-0.4, -0.2) is 59.2 Å². The van der Waals surface area contributed by atoms with Gasteiger partial charge in [-0.05, 0) is 42.9 Å². The lowest BCUT2D eigenvalue weighted by molar-refractivity contribution is -0.134. The van der Waals surface area contributed by atoms with Gasteiger partial charge in [-0.15, -0.1) is 0 Å². The lowest BCUT2D eigenvalue weighted by Crippen LogP contribution is -2.44. The number of likely N-dealkylation sites (N-methyl/N-ethyl adjacent to an activating group) is 1. The molecule has 1 aliphatic rings. The number of hydrogen-bond donors (Lipinski definition) is 3. The minimum absolute atomic E-state index is 0.259. The van der Waals surface area contributed by atoms with Gasteiger partial charge in [0.2, 0.25) is 5.58 Å². The first kappa shape index (κ1) is 24.9. The van der Waals surface area contributed by atoms with E-state index in [9.17, 15) is 4.79 Å². The second-order valence-electron chi connectivity index (χ2n) is 8.51. The molecule has 0 radical (unpaired) electrons. The summed E-state index contributed by atoms with van der Waals surface area (Å²) in [6.45, 7) is 6.57. The minimum Gasteiger partial charge on any atom is -0.481 e. The van der Waals surface area contributed by atoms with Crippen molar-refractivity contribution in [3.8, 4) is 0 Å². The summed E-state index contributed by atoms with van der Waals surface area (Å²) < 4.78 is 6.60. The number of piperazine rings is 1. The van der Waals surface area contributed by atoms with Crippen LogP contribution in [0.15, 0.2) is 56.1 Å². The second kappa shape index (κ2) is 11.0. The van der Waals surface area contributed by atoms with Crippen LogP contribution in [-0.2, 0) is 17.9 Å². The lowest BCUT2D eigenvalue weighted by Gasteiger charge is -2.34. The Kier molecular flexibility index (Phi) is 7.84. The number of nitrogens with one attached hydrogen (secondary N) is 2. The van der Waals surface area contributed by atoms with Crippen molar-refractivity contribution in [3.05, 3.63) is 68.7 Å². The Hall–Kier alpha value is -3.21. The zero-order valence-electron chi connectivity index (χ0n) is 19.7. The summed E-state index contributed by atoms with van der Waals surface area (Å²) in [5.41, 5.74) is 3.71. The van der Waals surface area contributed by atoms with E-state index in [0.29, 0.717) is 30.0 Å². The fourth-order valence-corrected chi connectivity index (χ4v) is 4.33. The highest BCUT2D eigenvalue weighted by molar-refractivity contribution is 9.10. The first-order chi connectivity index (χ1) is 16.8. The van der Waals surface area contributed by atoms with Crippen LogP contribution in [0.4, 0.5) is 5.69 Å². The van der Waals surface area contributed by atoms with E-state index in [1.54, 1.807) is 0 Å². The van der Waals surface area contributed by atoms with Gasteiger partial charge in [0.15, 0.2) is 0 Å². The molecule has 35 heavy (non-hydrogen) atoms. The molecule has 2 aromatic heterocycles. The molecule has 0 bridgehead atoms. The molecule has 1 aliphatic heterocycles. The molecular weight excluding hydrogens is 514 g/mol. The fourth-order valence-electron chi connectivity index (χ4n) is 3.97. The molecule has 3 N–H and O–H groups in total. The molecule has 2 aromatic carbocycles. The average molecular weight is 542 g/mol. The Bertz CT molecular complexity index is 1370. The minimum atomic E-state index is -0.833. The summed E-state index contributed by atoms with van der Waals surface area (Å²) in [7, 11) is 2.17. The van der Waals surface area contributed by atoms with E-state index in [2.05, 4.69) is 72.3 Å². The molecule has 9 nitrogen and oxygen atoms in total. The number of furan rings is 1. The normalized spacial score (nSPS) is 14.2. The molecule has 10 heteroatoms. The molecule has 184 valence electrons. The molecule has 4 aromatic rings. The summed E-state index contributed by atoms with van der Waals surface area (Å²) in [6, 6.07) is 14.3. The molecule has 1 saturated heterocycles. The van der Waals surface area contributed by atoms with Crippen molar-refractivity contribution in [1.29, 1.82) is 0 Å². The summed E-state index contributed by atoms with van der Waals surface area (Å²) in [4.78, 5) is 33.7. The number of aliphatic carboxylic acids is 1. The molecular formula is C25H28BrN5O4. The maximum absolute atomic E-state index is 12.5. The van der Waals surface area contributed by atoms with E-state index in [0.717, 1.165) is 43.0 Å². The number of fused-ring (bicyclic) bond motifs is 3. The fraction of sp³-hybridized carbons (Fsp3) is 0.320. The van der Waals surface area contributed by atoms with Gasteiger partial charge in [0.1, 0.15) is 16.9 Å². The Morgan fingerprint density at radius 3 is 2.51 bits per heavy atom. The zero-order valence-corrected chi connectivity index (χ0v) is 21.3. The summed E-state index contributed by atoms with van der Waals surface area (Å²) >= 11 is 3.47. The topological polar surface area (TPSA) is 115 Å². The van der Waals surface area contributed by atoms with Crippen LogP contribution in [0.1, 0.15) is 18.3 Å². The van der Waals surface area contributed by atoms with Gasteiger partial charge < -0.3 is 29.6 Å². The maximum atomic E-state index is 12.5. The third-order valence-corrected chi connectivity index (χ3v) is 6.25. The third kappa shape index (κ3) is 6.27. The van der Waals surface area contributed by atoms with Gasteiger partial charge in [0.25, 0.3) is 11.5 Å². The maximum Gasteiger partial charge on any atom is 0.300 e. The third-order valence-electron chi connectivity index (χ3n) is 5.76. The van der Waals surface area contributed by atoms with E-state index in [1.807, 2.05) is 18.2 Å². The number of aromatic amines is 1. The van der Waals surface area contributed by atoms with Gasteiger partial charge in [-0.3, -0.25) is 9.59 Å². The highest BCUT2D eigenvalue weighted by Crippen LogP contribution is 2.27. The molecule has 1 fully saturated rings. The van der Waals surface area contributed by atoms with Gasteiger partial charge in [0, 0.05) is 55.2 Å². The number of halogens is 1. The number of anilines is 1. The summed E-state index contributed by atoms with van der Waals surface area (Å²) in [5.74, 6) is -0.241. The Morgan fingerprint density at radius 1 is 1.14 bits per heavy atom. The number of rotatable bonds is 5. The van der Waals surface area contributed by atoms with Crippen molar-refractivity contribution in [1.82, 2.24) is 20.2 Å². The molecule has 0 unspecified atom stereocenters. The number of benzene rings is 2.